The fourth-order valence-corrected chi connectivity index (χ4v) is 4.63. The smallest absolute Gasteiger partial charge is 0.326 e. The molecular formula is C16H25NO3. The van der Waals surface area contributed by atoms with Gasteiger partial charge >= 0.3 is 5.97 Å². The van der Waals surface area contributed by atoms with Crippen molar-refractivity contribution in [3.8, 4) is 0 Å². The standard InChI is InChI=1S/C16H25NO3/c18-14(9-11-5-2-1-3-6-11)17-10-12-7-4-8-13(12)15(17)16(19)20/h11-13,15H,1-10H2,(H,19,20). The topological polar surface area (TPSA) is 57.6 Å². The van der Waals surface area contributed by atoms with Crippen molar-refractivity contribution in [3.63, 3.8) is 0 Å². The monoisotopic (exact) mass is 279 g/mol. The van der Waals surface area contributed by atoms with Gasteiger partial charge in [-0.05, 0) is 43.4 Å². The Morgan fingerprint density at radius 3 is 2.45 bits per heavy atom. The number of likely N-dealkylation sites (tertiary alicyclic amines) is 1. The van der Waals surface area contributed by atoms with Gasteiger partial charge in [0.15, 0.2) is 0 Å². The summed E-state index contributed by atoms with van der Waals surface area (Å²) in [5, 5.41) is 9.49. The second-order valence-electron chi connectivity index (χ2n) is 6.89. The molecule has 112 valence electrons. The second-order valence-corrected chi connectivity index (χ2v) is 6.89. The van der Waals surface area contributed by atoms with Gasteiger partial charge in [0.25, 0.3) is 0 Å². The maximum atomic E-state index is 12.5. The molecule has 2 aliphatic carbocycles. The minimum absolute atomic E-state index is 0.0960. The van der Waals surface area contributed by atoms with Gasteiger partial charge in [-0.15, -0.1) is 0 Å². The van der Waals surface area contributed by atoms with E-state index in [1.807, 2.05) is 0 Å². The molecule has 0 bridgehead atoms. The van der Waals surface area contributed by atoms with Crippen LogP contribution >= 0.6 is 0 Å². The average molecular weight is 279 g/mol. The summed E-state index contributed by atoms with van der Waals surface area (Å²) in [6.45, 7) is 0.688. The first-order valence-corrected chi connectivity index (χ1v) is 8.19. The van der Waals surface area contributed by atoms with Crippen molar-refractivity contribution in [1.29, 1.82) is 0 Å². The van der Waals surface area contributed by atoms with Crippen LogP contribution in [0.1, 0.15) is 57.8 Å². The van der Waals surface area contributed by atoms with E-state index in [1.54, 1.807) is 4.90 Å². The summed E-state index contributed by atoms with van der Waals surface area (Å²) in [5.74, 6) is 0.440. The molecule has 0 radical (unpaired) electrons. The molecule has 1 amide bonds. The van der Waals surface area contributed by atoms with Crippen LogP contribution in [-0.4, -0.2) is 34.5 Å². The minimum Gasteiger partial charge on any atom is -0.480 e. The third kappa shape index (κ3) is 2.57. The lowest BCUT2D eigenvalue weighted by molar-refractivity contribution is -0.150. The Morgan fingerprint density at radius 1 is 1.00 bits per heavy atom. The highest BCUT2D eigenvalue weighted by atomic mass is 16.4. The lowest BCUT2D eigenvalue weighted by Gasteiger charge is -2.28. The Hall–Kier alpha value is -1.06. The first-order valence-electron chi connectivity index (χ1n) is 8.19. The van der Waals surface area contributed by atoms with Crippen molar-refractivity contribution in [2.75, 3.05) is 6.54 Å². The van der Waals surface area contributed by atoms with Gasteiger partial charge < -0.3 is 10.0 Å². The molecule has 0 aromatic carbocycles. The summed E-state index contributed by atoms with van der Waals surface area (Å²) < 4.78 is 0. The van der Waals surface area contributed by atoms with Crippen molar-refractivity contribution in [3.05, 3.63) is 0 Å². The van der Waals surface area contributed by atoms with Crippen LogP contribution in [-0.2, 0) is 9.59 Å². The number of fused-ring (bicyclic) bond motifs is 1. The van der Waals surface area contributed by atoms with Crippen molar-refractivity contribution < 1.29 is 14.7 Å². The van der Waals surface area contributed by atoms with E-state index in [2.05, 4.69) is 0 Å². The number of hydrogen-bond donors (Lipinski definition) is 1. The first-order chi connectivity index (χ1) is 9.66. The molecular weight excluding hydrogens is 254 g/mol. The Balaban J connectivity index is 1.65. The quantitative estimate of drug-likeness (QED) is 0.864. The molecule has 3 atom stereocenters. The molecule has 20 heavy (non-hydrogen) atoms. The van der Waals surface area contributed by atoms with Crippen LogP contribution < -0.4 is 0 Å². The van der Waals surface area contributed by atoms with Crippen molar-refractivity contribution in [2.24, 2.45) is 17.8 Å². The molecule has 1 saturated heterocycles. The Labute approximate surface area is 120 Å². The van der Waals surface area contributed by atoms with Crippen LogP contribution in [0.5, 0.6) is 0 Å². The normalized spacial score (nSPS) is 34.2. The summed E-state index contributed by atoms with van der Waals surface area (Å²) in [4.78, 5) is 25.8. The van der Waals surface area contributed by atoms with Gasteiger partial charge in [0, 0.05) is 13.0 Å². The zero-order valence-corrected chi connectivity index (χ0v) is 12.1. The summed E-state index contributed by atoms with van der Waals surface area (Å²) in [6.07, 6.45) is 9.81. The summed E-state index contributed by atoms with van der Waals surface area (Å²) in [6, 6.07) is -0.543. The van der Waals surface area contributed by atoms with Gasteiger partial charge in [-0.3, -0.25) is 4.79 Å². The number of amides is 1. The highest BCUT2D eigenvalue weighted by Crippen LogP contribution is 2.42. The van der Waals surface area contributed by atoms with Crippen LogP contribution in [0.25, 0.3) is 0 Å². The Morgan fingerprint density at radius 2 is 1.75 bits per heavy atom. The maximum absolute atomic E-state index is 12.5. The number of hydrogen-bond acceptors (Lipinski definition) is 2. The maximum Gasteiger partial charge on any atom is 0.326 e. The molecule has 3 aliphatic rings. The van der Waals surface area contributed by atoms with E-state index < -0.39 is 12.0 Å². The minimum atomic E-state index is -0.795. The predicted octanol–water partition coefficient (Wildman–Crippen LogP) is 2.67. The molecule has 3 rings (SSSR count). The van der Waals surface area contributed by atoms with E-state index in [-0.39, 0.29) is 11.8 Å². The fourth-order valence-electron chi connectivity index (χ4n) is 4.63. The number of aliphatic carboxylic acids is 1. The third-order valence-corrected chi connectivity index (χ3v) is 5.65. The van der Waals surface area contributed by atoms with Gasteiger partial charge in [0.2, 0.25) is 5.91 Å². The van der Waals surface area contributed by atoms with Crippen LogP contribution in [0.15, 0.2) is 0 Å². The lowest BCUT2D eigenvalue weighted by atomic mass is 9.86. The molecule has 2 saturated carbocycles. The first kappa shape index (κ1) is 13.9. The summed E-state index contributed by atoms with van der Waals surface area (Å²) >= 11 is 0. The van der Waals surface area contributed by atoms with Crippen molar-refractivity contribution in [1.82, 2.24) is 4.90 Å². The largest absolute Gasteiger partial charge is 0.480 e. The molecule has 1 aliphatic heterocycles. The molecule has 0 spiro atoms. The van der Waals surface area contributed by atoms with Gasteiger partial charge in [0.1, 0.15) is 6.04 Å². The van der Waals surface area contributed by atoms with E-state index in [0.29, 0.717) is 24.8 Å². The summed E-state index contributed by atoms with van der Waals surface area (Å²) in [5.41, 5.74) is 0. The van der Waals surface area contributed by atoms with E-state index in [9.17, 15) is 14.7 Å². The Bertz CT molecular complexity index is 389. The number of carboxylic acids is 1. The average Bonchev–Trinajstić information content (AvgIpc) is 2.98. The molecule has 3 unspecified atom stereocenters. The predicted molar refractivity (Wildman–Crippen MR) is 75.2 cm³/mol. The van der Waals surface area contributed by atoms with E-state index >= 15 is 0 Å². The molecule has 1 N–H and O–H groups in total. The molecule has 1 heterocycles. The van der Waals surface area contributed by atoms with Crippen LogP contribution in [0.2, 0.25) is 0 Å². The number of carbonyl (C=O) groups is 2. The zero-order chi connectivity index (χ0) is 14.1. The van der Waals surface area contributed by atoms with Crippen molar-refractivity contribution in [2.45, 2.75) is 63.8 Å². The van der Waals surface area contributed by atoms with Crippen molar-refractivity contribution >= 4 is 11.9 Å². The molecule has 3 fully saturated rings. The second kappa shape index (κ2) is 5.74. The molecule has 0 aromatic rings. The molecule has 4 heteroatoms. The molecule has 0 aromatic heterocycles. The third-order valence-electron chi connectivity index (χ3n) is 5.65. The van der Waals surface area contributed by atoms with E-state index in [4.69, 9.17) is 0 Å². The lowest BCUT2D eigenvalue weighted by Crippen LogP contribution is -2.43. The van der Waals surface area contributed by atoms with Gasteiger partial charge in [-0.1, -0.05) is 25.7 Å². The fraction of sp³-hybridized carbons (Fsp3) is 0.875. The van der Waals surface area contributed by atoms with Gasteiger partial charge in [-0.2, -0.15) is 0 Å². The van der Waals surface area contributed by atoms with Gasteiger partial charge in [0.05, 0.1) is 0 Å². The van der Waals surface area contributed by atoms with Crippen LogP contribution in [0.3, 0.4) is 0 Å². The highest BCUT2D eigenvalue weighted by molar-refractivity contribution is 5.85. The van der Waals surface area contributed by atoms with Gasteiger partial charge in [-0.25, -0.2) is 4.79 Å². The number of rotatable bonds is 3. The van der Waals surface area contributed by atoms with Crippen LogP contribution in [0.4, 0.5) is 0 Å². The number of carbonyl (C=O) groups excluding carboxylic acids is 1. The van der Waals surface area contributed by atoms with E-state index in [0.717, 1.165) is 32.1 Å². The van der Waals surface area contributed by atoms with Crippen LogP contribution in [0, 0.1) is 17.8 Å². The zero-order valence-electron chi connectivity index (χ0n) is 12.1. The molecule has 4 nitrogen and oxygen atoms in total. The van der Waals surface area contributed by atoms with E-state index in [1.165, 1.54) is 19.3 Å². The number of nitrogens with zero attached hydrogens (tertiary/aromatic N) is 1. The summed E-state index contributed by atoms with van der Waals surface area (Å²) in [7, 11) is 0. The Kier molecular flexibility index (Phi) is 3.99. The highest BCUT2D eigenvalue weighted by Gasteiger charge is 2.49. The number of carboxylic acid groups (broad SMARTS) is 1. The SMILES string of the molecule is O=C(O)C1C2CCCC2CN1C(=O)CC1CCCCC1.